The summed E-state index contributed by atoms with van der Waals surface area (Å²) in [6, 6.07) is 2.07. The van der Waals surface area contributed by atoms with Gasteiger partial charge in [-0.25, -0.2) is 9.18 Å². The third-order valence-electron chi connectivity index (χ3n) is 2.29. The van der Waals surface area contributed by atoms with Gasteiger partial charge in [0.25, 0.3) is 0 Å². The Morgan fingerprint density at radius 1 is 1.39 bits per heavy atom. The van der Waals surface area contributed by atoms with Gasteiger partial charge in [-0.1, -0.05) is 0 Å². The minimum atomic E-state index is -1.38. The predicted octanol–water partition coefficient (Wildman–Crippen LogP) is 0.783. The number of aromatic carboxylic acids is 1. The van der Waals surface area contributed by atoms with Gasteiger partial charge in [0.1, 0.15) is 5.82 Å². The molecule has 1 aromatic carbocycles. The molecule has 1 rings (SSSR count). The van der Waals surface area contributed by atoms with Crippen molar-refractivity contribution in [2.75, 3.05) is 17.6 Å². The number of carboxylic acid groups (broad SMARTS) is 1. The fourth-order valence-corrected chi connectivity index (χ4v) is 1.39. The molecule has 98 valence electrons. The van der Waals surface area contributed by atoms with Crippen molar-refractivity contribution in [3.05, 3.63) is 23.5 Å². The van der Waals surface area contributed by atoms with Crippen LogP contribution in [0.15, 0.2) is 12.1 Å². The van der Waals surface area contributed by atoms with Gasteiger partial charge >= 0.3 is 5.97 Å². The highest BCUT2D eigenvalue weighted by Gasteiger charge is 2.13. The van der Waals surface area contributed by atoms with Gasteiger partial charge in [-0.15, -0.1) is 0 Å². The molecule has 6 N–H and O–H groups in total. The molecule has 0 aliphatic carbocycles. The van der Waals surface area contributed by atoms with E-state index in [1.54, 1.807) is 0 Å². The van der Waals surface area contributed by atoms with Crippen molar-refractivity contribution >= 4 is 23.3 Å². The Balaban J connectivity index is 2.70. The number of benzene rings is 1. The second-order valence-corrected chi connectivity index (χ2v) is 3.72. The molecule has 0 spiro atoms. The summed E-state index contributed by atoms with van der Waals surface area (Å²) in [5.74, 6) is -2.66. The van der Waals surface area contributed by atoms with E-state index in [0.717, 1.165) is 12.1 Å². The van der Waals surface area contributed by atoms with Crippen LogP contribution in [-0.4, -0.2) is 23.5 Å². The number of anilines is 2. The first kappa shape index (κ1) is 13.8. The smallest absolute Gasteiger partial charge is 0.338 e. The predicted molar refractivity (Wildman–Crippen MR) is 64.7 cm³/mol. The van der Waals surface area contributed by atoms with Crippen LogP contribution in [0, 0.1) is 5.82 Å². The first-order valence-electron chi connectivity index (χ1n) is 5.26. The highest BCUT2D eigenvalue weighted by molar-refractivity contribution is 5.90. The Kier molecular flexibility index (Phi) is 4.47. The minimum absolute atomic E-state index is 0.132. The third-order valence-corrected chi connectivity index (χ3v) is 2.29. The van der Waals surface area contributed by atoms with Crippen molar-refractivity contribution < 1.29 is 19.1 Å². The van der Waals surface area contributed by atoms with Gasteiger partial charge in [-0.3, -0.25) is 4.79 Å². The second-order valence-electron chi connectivity index (χ2n) is 3.72. The number of hydrogen-bond acceptors (Lipinski definition) is 4. The van der Waals surface area contributed by atoms with E-state index in [2.05, 4.69) is 5.32 Å². The van der Waals surface area contributed by atoms with Gasteiger partial charge in [0.2, 0.25) is 5.91 Å². The number of nitrogen functional groups attached to an aromatic ring is 1. The molecule has 1 aromatic rings. The van der Waals surface area contributed by atoms with Gasteiger partial charge in [0.15, 0.2) is 0 Å². The maximum absolute atomic E-state index is 13.4. The summed E-state index contributed by atoms with van der Waals surface area (Å²) in [5.41, 5.74) is 10.5. The van der Waals surface area contributed by atoms with Crippen LogP contribution in [0.3, 0.4) is 0 Å². The van der Waals surface area contributed by atoms with Crippen LogP contribution in [-0.2, 0) is 4.79 Å². The maximum atomic E-state index is 13.4. The number of nitrogens with one attached hydrogen (secondary N) is 1. The number of carboxylic acids is 1. The van der Waals surface area contributed by atoms with Crippen molar-refractivity contribution in [2.24, 2.45) is 5.73 Å². The zero-order valence-electron chi connectivity index (χ0n) is 9.57. The zero-order valence-corrected chi connectivity index (χ0v) is 9.57. The van der Waals surface area contributed by atoms with Crippen molar-refractivity contribution in [3.63, 3.8) is 0 Å². The van der Waals surface area contributed by atoms with E-state index >= 15 is 0 Å². The summed E-state index contributed by atoms with van der Waals surface area (Å²) in [7, 11) is 0. The molecule has 0 bridgehead atoms. The third kappa shape index (κ3) is 3.62. The summed E-state index contributed by atoms with van der Waals surface area (Å²) in [4.78, 5) is 21.1. The van der Waals surface area contributed by atoms with Crippen molar-refractivity contribution in [1.29, 1.82) is 0 Å². The molecular weight excluding hydrogens is 241 g/mol. The number of hydrogen-bond donors (Lipinski definition) is 4. The Hall–Kier alpha value is -2.31. The van der Waals surface area contributed by atoms with Crippen LogP contribution in [0.25, 0.3) is 0 Å². The molecule has 0 aliphatic heterocycles. The number of carbonyl (C=O) groups excluding carboxylic acids is 1. The second kappa shape index (κ2) is 5.85. The van der Waals surface area contributed by atoms with Crippen LogP contribution in [0.4, 0.5) is 15.8 Å². The minimum Gasteiger partial charge on any atom is -0.478 e. The van der Waals surface area contributed by atoms with E-state index in [1.165, 1.54) is 0 Å². The molecule has 0 heterocycles. The van der Waals surface area contributed by atoms with Crippen molar-refractivity contribution in [2.45, 2.75) is 12.8 Å². The van der Waals surface area contributed by atoms with E-state index in [4.69, 9.17) is 16.6 Å². The molecule has 0 saturated heterocycles. The summed E-state index contributed by atoms with van der Waals surface area (Å²) < 4.78 is 13.4. The molecule has 0 aromatic heterocycles. The fourth-order valence-electron chi connectivity index (χ4n) is 1.39. The van der Waals surface area contributed by atoms with E-state index < -0.39 is 23.3 Å². The van der Waals surface area contributed by atoms with Gasteiger partial charge in [0.05, 0.1) is 16.9 Å². The van der Waals surface area contributed by atoms with Crippen molar-refractivity contribution in [1.82, 2.24) is 0 Å². The molecule has 18 heavy (non-hydrogen) atoms. The standard InChI is InChI=1S/C11H14FN3O3/c12-7-5-9(15-3-1-2-10(14)16)8(13)4-6(7)11(17)18/h4-5,15H,1-3,13H2,(H2,14,16)(H,17,18). The first-order valence-corrected chi connectivity index (χ1v) is 5.26. The van der Waals surface area contributed by atoms with Gasteiger partial charge < -0.3 is 21.9 Å². The topological polar surface area (TPSA) is 118 Å². The molecule has 0 unspecified atom stereocenters. The zero-order chi connectivity index (χ0) is 13.7. The lowest BCUT2D eigenvalue weighted by molar-refractivity contribution is -0.118. The lowest BCUT2D eigenvalue weighted by Gasteiger charge is -2.10. The highest BCUT2D eigenvalue weighted by Crippen LogP contribution is 2.23. The quantitative estimate of drug-likeness (QED) is 0.442. The molecule has 1 amide bonds. The Morgan fingerprint density at radius 3 is 2.61 bits per heavy atom. The molecular formula is C11H14FN3O3. The lowest BCUT2D eigenvalue weighted by Crippen LogP contribution is -2.13. The van der Waals surface area contributed by atoms with Crippen LogP contribution < -0.4 is 16.8 Å². The Morgan fingerprint density at radius 2 is 2.06 bits per heavy atom. The largest absolute Gasteiger partial charge is 0.478 e. The Labute approximate surface area is 103 Å². The number of nitrogens with two attached hydrogens (primary N) is 2. The van der Waals surface area contributed by atoms with E-state index in [1.807, 2.05) is 0 Å². The fraction of sp³-hybridized carbons (Fsp3) is 0.273. The average molecular weight is 255 g/mol. The molecule has 0 atom stereocenters. The van der Waals surface area contributed by atoms with E-state index in [9.17, 15) is 14.0 Å². The normalized spacial score (nSPS) is 10.1. The number of halogens is 1. The van der Waals surface area contributed by atoms with Crippen molar-refractivity contribution in [3.8, 4) is 0 Å². The molecule has 0 radical (unpaired) electrons. The molecule has 6 nitrogen and oxygen atoms in total. The van der Waals surface area contributed by atoms with Crippen LogP contribution in [0.5, 0.6) is 0 Å². The first-order chi connectivity index (χ1) is 8.41. The molecule has 0 saturated carbocycles. The summed E-state index contributed by atoms with van der Waals surface area (Å²) in [6.07, 6.45) is 0.694. The van der Waals surface area contributed by atoms with Crippen LogP contribution in [0.2, 0.25) is 0 Å². The number of amides is 1. The van der Waals surface area contributed by atoms with Gasteiger partial charge in [-0.2, -0.15) is 0 Å². The summed E-state index contributed by atoms with van der Waals surface area (Å²) in [5, 5.41) is 11.5. The summed E-state index contributed by atoms with van der Waals surface area (Å²) in [6.45, 7) is 0.388. The van der Waals surface area contributed by atoms with Crippen LogP contribution >= 0.6 is 0 Å². The number of rotatable bonds is 6. The molecule has 0 fully saturated rings. The van der Waals surface area contributed by atoms with E-state index in [0.29, 0.717) is 18.7 Å². The molecule has 7 heteroatoms. The van der Waals surface area contributed by atoms with Crippen LogP contribution in [0.1, 0.15) is 23.2 Å². The summed E-state index contributed by atoms with van der Waals surface area (Å²) >= 11 is 0. The highest BCUT2D eigenvalue weighted by atomic mass is 19.1. The maximum Gasteiger partial charge on any atom is 0.338 e. The van der Waals surface area contributed by atoms with Gasteiger partial charge in [0, 0.05) is 13.0 Å². The average Bonchev–Trinajstić information content (AvgIpc) is 2.27. The SMILES string of the molecule is NC(=O)CCCNc1cc(F)c(C(=O)O)cc1N. The number of carbonyl (C=O) groups is 2. The lowest BCUT2D eigenvalue weighted by atomic mass is 10.1. The molecule has 0 aliphatic rings. The van der Waals surface area contributed by atoms with Gasteiger partial charge in [-0.05, 0) is 18.6 Å². The number of primary amides is 1. The van der Waals surface area contributed by atoms with E-state index in [-0.39, 0.29) is 12.1 Å². The Bertz CT molecular complexity index is 477. The monoisotopic (exact) mass is 255 g/mol.